The Bertz CT molecular complexity index is 410. The maximum Gasteiger partial charge on any atom is 0.225 e. The predicted octanol–water partition coefficient (Wildman–Crippen LogP) is 2.52. The van der Waals surface area contributed by atoms with Crippen molar-refractivity contribution in [3.8, 4) is 0 Å². The van der Waals surface area contributed by atoms with Gasteiger partial charge in [-0.3, -0.25) is 4.79 Å². The lowest BCUT2D eigenvalue weighted by molar-refractivity contribution is -0.120. The molecule has 0 aliphatic heterocycles. The van der Waals surface area contributed by atoms with Gasteiger partial charge in [-0.1, -0.05) is 6.92 Å². The van der Waals surface area contributed by atoms with E-state index in [1.54, 1.807) is 11.8 Å². The Hall–Kier alpha value is -0.330. The van der Waals surface area contributed by atoms with Gasteiger partial charge in [-0.25, -0.2) is 0 Å². The maximum atomic E-state index is 11.6. The van der Waals surface area contributed by atoms with Crippen molar-refractivity contribution in [1.82, 2.24) is 10.3 Å². The molecule has 0 spiro atoms. The minimum atomic E-state index is 0.0641. The van der Waals surface area contributed by atoms with Crippen LogP contribution in [0.15, 0.2) is 0 Å². The Morgan fingerprint density at radius 2 is 2.38 bits per heavy atom. The summed E-state index contributed by atoms with van der Waals surface area (Å²) >= 11 is 8.25. The number of H-pyrrole nitrogens is 1. The molecule has 1 heterocycles. The molecule has 0 aliphatic carbocycles. The number of aromatic amines is 1. The summed E-state index contributed by atoms with van der Waals surface area (Å²) in [4.78, 5) is 15.7. The summed E-state index contributed by atoms with van der Waals surface area (Å²) in [5.74, 6) is 0.0641. The van der Waals surface area contributed by atoms with E-state index in [4.69, 9.17) is 12.2 Å². The average molecular weight is 276 g/mol. The number of amides is 1. The molecule has 0 saturated carbocycles. The van der Waals surface area contributed by atoms with Crippen molar-refractivity contribution >= 4 is 41.2 Å². The number of aromatic nitrogens is 1. The van der Waals surface area contributed by atoms with Crippen LogP contribution in [0.4, 0.5) is 0 Å². The highest BCUT2D eigenvalue weighted by Crippen LogP contribution is 2.15. The third kappa shape index (κ3) is 4.27. The van der Waals surface area contributed by atoms with Crippen molar-refractivity contribution in [3.05, 3.63) is 14.5 Å². The summed E-state index contributed by atoms with van der Waals surface area (Å²) in [5.41, 5.74) is 1.00. The van der Waals surface area contributed by atoms with E-state index in [0.717, 1.165) is 21.1 Å². The zero-order chi connectivity index (χ0) is 12.1. The summed E-state index contributed by atoms with van der Waals surface area (Å²) < 4.78 is 0.734. The second-order valence-electron chi connectivity index (χ2n) is 3.59. The Morgan fingerprint density at radius 1 is 1.69 bits per heavy atom. The van der Waals surface area contributed by atoms with Crippen LogP contribution in [-0.2, 0) is 11.2 Å². The largest absolute Gasteiger partial charge is 0.355 e. The van der Waals surface area contributed by atoms with Crippen LogP contribution in [0.2, 0.25) is 0 Å². The summed E-state index contributed by atoms with van der Waals surface area (Å²) in [6.45, 7) is 4.75. The highest BCUT2D eigenvalue weighted by molar-refractivity contribution is 7.99. The van der Waals surface area contributed by atoms with Crippen molar-refractivity contribution in [3.63, 3.8) is 0 Å². The molecule has 1 amide bonds. The van der Waals surface area contributed by atoms with E-state index in [-0.39, 0.29) is 5.91 Å². The van der Waals surface area contributed by atoms with Gasteiger partial charge in [-0.15, -0.1) is 11.3 Å². The molecule has 0 aromatic carbocycles. The van der Waals surface area contributed by atoms with Crippen LogP contribution in [0, 0.1) is 10.9 Å². The second kappa shape index (κ2) is 6.42. The molecule has 1 aromatic heterocycles. The number of thioether (sulfide) groups is 1. The van der Waals surface area contributed by atoms with Crippen LogP contribution < -0.4 is 5.32 Å². The lowest BCUT2D eigenvalue weighted by Crippen LogP contribution is -2.30. The first-order valence-corrected chi connectivity index (χ1v) is 7.52. The van der Waals surface area contributed by atoms with Gasteiger partial charge in [0.15, 0.2) is 3.95 Å². The molecule has 0 aliphatic rings. The monoisotopic (exact) mass is 276 g/mol. The number of rotatable bonds is 5. The minimum absolute atomic E-state index is 0.0641. The zero-order valence-corrected chi connectivity index (χ0v) is 12.1. The minimum Gasteiger partial charge on any atom is -0.355 e. The molecule has 6 heteroatoms. The predicted molar refractivity (Wildman–Crippen MR) is 73.9 cm³/mol. The summed E-state index contributed by atoms with van der Waals surface area (Å²) in [5, 5.41) is 3.37. The van der Waals surface area contributed by atoms with Crippen molar-refractivity contribution in [2.45, 2.75) is 25.5 Å². The fraction of sp³-hybridized carbons (Fsp3) is 0.600. The van der Waals surface area contributed by atoms with Crippen LogP contribution >= 0.6 is 35.3 Å². The van der Waals surface area contributed by atoms with Gasteiger partial charge in [0.25, 0.3) is 0 Å². The van der Waals surface area contributed by atoms with Crippen LogP contribution in [0.3, 0.4) is 0 Å². The van der Waals surface area contributed by atoms with Crippen LogP contribution in [0.5, 0.6) is 0 Å². The SMILES string of the molecule is CSC(C)CNC(=O)Cc1sc(=S)[nH]c1C. The van der Waals surface area contributed by atoms with E-state index in [1.807, 2.05) is 13.2 Å². The highest BCUT2D eigenvalue weighted by Gasteiger charge is 2.09. The first-order chi connectivity index (χ1) is 7.52. The number of carbonyl (C=O) groups excluding carboxylic acids is 1. The number of hydrogen-bond acceptors (Lipinski definition) is 4. The lowest BCUT2D eigenvalue weighted by Gasteiger charge is -2.09. The molecule has 90 valence electrons. The molecule has 0 radical (unpaired) electrons. The summed E-state index contributed by atoms with van der Waals surface area (Å²) in [6.07, 6.45) is 2.46. The van der Waals surface area contributed by atoms with Crippen molar-refractivity contribution in [2.24, 2.45) is 0 Å². The summed E-state index contributed by atoms with van der Waals surface area (Å²) in [7, 11) is 0. The van der Waals surface area contributed by atoms with Crippen LogP contribution in [0.1, 0.15) is 17.5 Å². The van der Waals surface area contributed by atoms with Crippen LogP contribution in [0.25, 0.3) is 0 Å². The Kier molecular flexibility index (Phi) is 5.51. The number of aryl methyl sites for hydroxylation is 1. The molecule has 16 heavy (non-hydrogen) atoms. The maximum absolute atomic E-state index is 11.6. The smallest absolute Gasteiger partial charge is 0.225 e. The van der Waals surface area contributed by atoms with Gasteiger partial charge in [-0.05, 0) is 25.4 Å². The van der Waals surface area contributed by atoms with Gasteiger partial charge in [-0.2, -0.15) is 11.8 Å². The van der Waals surface area contributed by atoms with E-state index < -0.39 is 0 Å². The fourth-order valence-electron chi connectivity index (χ4n) is 1.15. The molecule has 1 atom stereocenters. The highest BCUT2D eigenvalue weighted by atomic mass is 32.2. The molecule has 0 bridgehead atoms. The molecule has 1 unspecified atom stereocenters. The fourth-order valence-corrected chi connectivity index (χ4v) is 2.69. The molecule has 2 N–H and O–H groups in total. The van der Waals surface area contributed by atoms with E-state index in [9.17, 15) is 4.79 Å². The Morgan fingerprint density at radius 3 is 2.88 bits per heavy atom. The van der Waals surface area contributed by atoms with Crippen molar-refractivity contribution < 1.29 is 4.79 Å². The van der Waals surface area contributed by atoms with E-state index in [2.05, 4.69) is 17.2 Å². The third-order valence-corrected chi connectivity index (χ3v) is 4.54. The van der Waals surface area contributed by atoms with Gasteiger partial charge < -0.3 is 10.3 Å². The number of carbonyl (C=O) groups is 1. The number of thiazole rings is 1. The number of nitrogens with one attached hydrogen (secondary N) is 2. The van der Waals surface area contributed by atoms with Gasteiger partial charge in [0.2, 0.25) is 5.91 Å². The Balaban J connectivity index is 2.46. The van der Waals surface area contributed by atoms with Gasteiger partial charge in [0.05, 0.1) is 6.42 Å². The summed E-state index contributed by atoms with van der Waals surface area (Å²) in [6, 6.07) is 0. The zero-order valence-electron chi connectivity index (χ0n) is 9.62. The normalized spacial score (nSPS) is 12.4. The molecule has 1 aromatic rings. The third-order valence-electron chi connectivity index (χ3n) is 2.23. The van der Waals surface area contributed by atoms with Crippen molar-refractivity contribution in [2.75, 3.05) is 12.8 Å². The average Bonchev–Trinajstić information content (AvgIpc) is 2.54. The van der Waals surface area contributed by atoms with E-state index >= 15 is 0 Å². The first kappa shape index (κ1) is 13.7. The van der Waals surface area contributed by atoms with Crippen LogP contribution in [-0.4, -0.2) is 28.9 Å². The van der Waals surface area contributed by atoms with Crippen molar-refractivity contribution in [1.29, 1.82) is 0 Å². The molecule has 0 saturated heterocycles. The lowest BCUT2D eigenvalue weighted by atomic mass is 10.3. The van der Waals surface area contributed by atoms with E-state index in [1.165, 1.54) is 11.3 Å². The van der Waals surface area contributed by atoms with E-state index in [0.29, 0.717) is 11.7 Å². The molecular weight excluding hydrogens is 260 g/mol. The van der Waals surface area contributed by atoms with Gasteiger partial charge >= 0.3 is 0 Å². The molecular formula is C10H16N2OS3. The standard InChI is InChI=1S/C10H16N2OS3/c1-6(15-3)5-11-9(13)4-8-7(2)12-10(14)16-8/h6H,4-5H2,1-3H3,(H,11,13)(H,12,14). The molecule has 0 fully saturated rings. The van der Waals surface area contributed by atoms with Gasteiger partial charge in [0, 0.05) is 22.4 Å². The molecule has 1 rings (SSSR count). The first-order valence-electron chi connectivity index (χ1n) is 5.01. The van der Waals surface area contributed by atoms with Gasteiger partial charge in [0.1, 0.15) is 0 Å². The topological polar surface area (TPSA) is 44.9 Å². The quantitative estimate of drug-likeness (QED) is 0.812. The Labute approximate surface area is 109 Å². The molecule has 3 nitrogen and oxygen atoms in total. The second-order valence-corrected chi connectivity index (χ2v) is 6.64. The number of hydrogen-bond donors (Lipinski definition) is 2.